The van der Waals surface area contributed by atoms with Crippen molar-refractivity contribution in [1.82, 2.24) is 0 Å². The Bertz CT molecular complexity index is 861. The molecular formula is C18H14O3. The van der Waals surface area contributed by atoms with E-state index in [1.54, 1.807) is 30.3 Å². The standard InChI is InChI=1S/C18H14O3/c1-2-7-12-10-6-11-14-15(19)16(20)18(21-17(12)14)13-8-4-3-5-9-13/h2-6,8-11,20H,1,7H2. The smallest absolute Gasteiger partial charge is 0.235 e. The maximum Gasteiger partial charge on any atom is 0.235 e. The molecule has 3 rings (SSSR count). The third kappa shape index (κ3) is 2.23. The molecule has 1 N–H and O–H groups in total. The number of para-hydroxylation sites is 1. The largest absolute Gasteiger partial charge is 0.502 e. The van der Waals surface area contributed by atoms with Crippen molar-refractivity contribution in [2.45, 2.75) is 6.42 Å². The molecule has 1 heterocycles. The number of aromatic hydroxyl groups is 1. The second-order valence-corrected chi connectivity index (χ2v) is 4.76. The number of benzene rings is 2. The summed E-state index contributed by atoms with van der Waals surface area (Å²) in [4.78, 5) is 12.3. The van der Waals surface area contributed by atoms with E-state index in [1.807, 2.05) is 24.3 Å². The van der Waals surface area contributed by atoms with Gasteiger partial charge in [0.1, 0.15) is 5.58 Å². The van der Waals surface area contributed by atoms with Crippen LogP contribution in [0.5, 0.6) is 5.75 Å². The summed E-state index contributed by atoms with van der Waals surface area (Å²) in [5, 5.41) is 10.5. The minimum Gasteiger partial charge on any atom is -0.502 e. The molecule has 3 nitrogen and oxygen atoms in total. The van der Waals surface area contributed by atoms with Crippen molar-refractivity contribution in [3.63, 3.8) is 0 Å². The Morgan fingerprint density at radius 2 is 1.86 bits per heavy atom. The van der Waals surface area contributed by atoms with Crippen LogP contribution in [0.4, 0.5) is 0 Å². The molecule has 2 aromatic carbocycles. The average molecular weight is 278 g/mol. The van der Waals surface area contributed by atoms with Crippen molar-refractivity contribution < 1.29 is 9.52 Å². The summed E-state index contributed by atoms with van der Waals surface area (Å²) in [6, 6.07) is 14.4. The molecule has 104 valence electrons. The van der Waals surface area contributed by atoms with E-state index >= 15 is 0 Å². The summed E-state index contributed by atoms with van der Waals surface area (Å²) in [5.41, 5.74) is 1.62. The molecule has 21 heavy (non-hydrogen) atoms. The van der Waals surface area contributed by atoms with Crippen molar-refractivity contribution >= 4 is 11.0 Å². The zero-order valence-electron chi connectivity index (χ0n) is 11.4. The van der Waals surface area contributed by atoms with Gasteiger partial charge in [-0.1, -0.05) is 48.5 Å². The van der Waals surface area contributed by atoms with Crippen LogP contribution < -0.4 is 5.43 Å². The summed E-state index contributed by atoms with van der Waals surface area (Å²) in [6.07, 6.45) is 2.35. The number of fused-ring (bicyclic) bond motifs is 1. The summed E-state index contributed by atoms with van der Waals surface area (Å²) in [7, 11) is 0. The molecule has 0 aliphatic rings. The minimum atomic E-state index is -0.416. The molecule has 0 aliphatic carbocycles. The van der Waals surface area contributed by atoms with E-state index in [1.165, 1.54) is 0 Å². The van der Waals surface area contributed by atoms with Gasteiger partial charge < -0.3 is 9.52 Å². The number of allylic oxidation sites excluding steroid dienone is 1. The molecule has 0 bridgehead atoms. The third-order valence-electron chi connectivity index (χ3n) is 3.38. The first-order valence-electron chi connectivity index (χ1n) is 6.66. The molecule has 0 saturated carbocycles. The number of hydrogen-bond acceptors (Lipinski definition) is 3. The van der Waals surface area contributed by atoms with E-state index in [4.69, 9.17) is 4.42 Å². The SMILES string of the molecule is C=CCc1cccc2c(=O)c(O)c(-c3ccccc3)oc12. The van der Waals surface area contributed by atoms with Crippen molar-refractivity contribution in [2.75, 3.05) is 0 Å². The van der Waals surface area contributed by atoms with E-state index in [0.717, 1.165) is 5.56 Å². The predicted molar refractivity (Wildman–Crippen MR) is 83.5 cm³/mol. The van der Waals surface area contributed by atoms with Crippen molar-refractivity contribution in [3.8, 4) is 17.1 Å². The topological polar surface area (TPSA) is 50.4 Å². The highest BCUT2D eigenvalue weighted by atomic mass is 16.4. The highest BCUT2D eigenvalue weighted by Crippen LogP contribution is 2.31. The monoisotopic (exact) mass is 278 g/mol. The molecular weight excluding hydrogens is 264 g/mol. The quantitative estimate of drug-likeness (QED) is 0.739. The molecule has 0 saturated heterocycles. The summed E-state index contributed by atoms with van der Waals surface area (Å²) < 4.78 is 5.85. The second-order valence-electron chi connectivity index (χ2n) is 4.76. The summed E-state index contributed by atoms with van der Waals surface area (Å²) in [6.45, 7) is 3.71. The molecule has 0 radical (unpaired) electrons. The van der Waals surface area contributed by atoms with Gasteiger partial charge in [-0.25, -0.2) is 0 Å². The van der Waals surface area contributed by atoms with E-state index in [0.29, 0.717) is 23.0 Å². The van der Waals surface area contributed by atoms with E-state index in [9.17, 15) is 9.90 Å². The number of hydrogen-bond donors (Lipinski definition) is 1. The fourth-order valence-electron chi connectivity index (χ4n) is 2.37. The zero-order chi connectivity index (χ0) is 14.8. The van der Waals surface area contributed by atoms with Crippen LogP contribution in [0.1, 0.15) is 5.56 Å². The van der Waals surface area contributed by atoms with Gasteiger partial charge in [-0.15, -0.1) is 6.58 Å². The highest BCUT2D eigenvalue weighted by Gasteiger charge is 2.16. The van der Waals surface area contributed by atoms with Gasteiger partial charge in [-0.2, -0.15) is 0 Å². The lowest BCUT2D eigenvalue weighted by molar-refractivity contribution is 0.449. The van der Waals surface area contributed by atoms with E-state index < -0.39 is 5.43 Å². The first-order valence-corrected chi connectivity index (χ1v) is 6.66. The first-order chi connectivity index (χ1) is 10.2. The molecule has 0 unspecified atom stereocenters. The summed E-state index contributed by atoms with van der Waals surface area (Å²) in [5.74, 6) is -0.158. The molecule has 0 fully saturated rings. The highest BCUT2D eigenvalue weighted by molar-refractivity contribution is 5.84. The minimum absolute atomic E-state index is 0.199. The molecule has 0 spiro atoms. The lowest BCUT2D eigenvalue weighted by Gasteiger charge is -2.08. The normalized spacial score (nSPS) is 10.7. The molecule has 0 atom stereocenters. The fourth-order valence-corrected chi connectivity index (χ4v) is 2.37. The van der Waals surface area contributed by atoms with Crippen LogP contribution in [0, 0.1) is 0 Å². The van der Waals surface area contributed by atoms with E-state index in [-0.39, 0.29) is 11.5 Å². The maximum absolute atomic E-state index is 12.3. The molecule has 3 heteroatoms. The first kappa shape index (κ1) is 13.2. The van der Waals surface area contributed by atoms with Crippen molar-refractivity contribution in [1.29, 1.82) is 0 Å². The van der Waals surface area contributed by atoms with Gasteiger partial charge in [0.05, 0.1) is 5.39 Å². The average Bonchev–Trinajstić information content (AvgIpc) is 2.52. The Morgan fingerprint density at radius 1 is 1.10 bits per heavy atom. The van der Waals surface area contributed by atoms with Crippen molar-refractivity contribution in [2.24, 2.45) is 0 Å². The Balaban J connectivity index is 2.37. The van der Waals surface area contributed by atoms with Gasteiger partial charge >= 0.3 is 0 Å². The van der Waals surface area contributed by atoms with Gasteiger partial charge in [0.15, 0.2) is 5.76 Å². The van der Waals surface area contributed by atoms with Crippen LogP contribution >= 0.6 is 0 Å². The predicted octanol–water partition coefficient (Wildman–Crippen LogP) is 3.89. The molecule has 1 aromatic heterocycles. The Labute approximate surface area is 121 Å². The van der Waals surface area contributed by atoms with Crippen LogP contribution in [0.15, 0.2) is 70.4 Å². The van der Waals surface area contributed by atoms with Crippen LogP contribution in [-0.4, -0.2) is 5.11 Å². The summed E-state index contributed by atoms with van der Waals surface area (Å²) >= 11 is 0. The number of rotatable bonds is 3. The van der Waals surface area contributed by atoms with Crippen LogP contribution in [0.2, 0.25) is 0 Å². The van der Waals surface area contributed by atoms with Gasteiger partial charge in [0, 0.05) is 5.56 Å². The molecule has 3 aromatic rings. The maximum atomic E-state index is 12.3. The van der Waals surface area contributed by atoms with Gasteiger partial charge in [0.25, 0.3) is 0 Å². The van der Waals surface area contributed by atoms with Gasteiger partial charge in [0.2, 0.25) is 11.2 Å². The Morgan fingerprint density at radius 3 is 2.57 bits per heavy atom. The van der Waals surface area contributed by atoms with Crippen LogP contribution in [0.3, 0.4) is 0 Å². The molecule has 0 amide bonds. The van der Waals surface area contributed by atoms with Crippen LogP contribution in [0.25, 0.3) is 22.3 Å². The lowest BCUT2D eigenvalue weighted by Crippen LogP contribution is -2.03. The fraction of sp³-hybridized carbons (Fsp3) is 0.0556. The third-order valence-corrected chi connectivity index (χ3v) is 3.38. The Kier molecular flexibility index (Phi) is 3.32. The lowest BCUT2D eigenvalue weighted by atomic mass is 10.1. The van der Waals surface area contributed by atoms with Crippen molar-refractivity contribution in [3.05, 3.63) is 77.0 Å². The van der Waals surface area contributed by atoms with E-state index in [2.05, 4.69) is 6.58 Å². The second kappa shape index (κ2) is 5.29. The molecule has 0 aliphatic heterocycles. The Hall–Kier alpha value is -2.81. The van der Waals surface area contributed by atoms with Gasteiger partial charge in [-0.05, 0) is 18.1 Å². The van der Waals surface area contributed by atoms with Gasteiger partial charge in [-0.3, -0.25) is 4.79 Å². The zero-order valence-corrected chi connectivity index (χ0v) is 11.4. The van der Waals surface area contributed by atoms with Crippen LogP contribution in [-0.2, 0) is 6.42 Å².